The van der Waals surface area contributed by atoms with Crippen molar-refractivity contribution in [3.63, 3.8) is 0 Å². The minimum atomic E-state index is -0.763. The van der Waals surface area contributed by atoms with Crippen LogP contribution in [0.3, 0.4) is 0 Å². The van der Waals surface area contributed by atoms with Gasteiger partial charge in [-0.2, -0.15) is 0 Å². The van der Waals surface area contributed by atoms with E-state index in [-0.39, 0.29) is 77.8 Å². The van der Waals surface area contributed by atoms with Gasteiger partial charge >= 0.3 is 12.2 Å². The summed E-state index contributed by atoms with van der Waals surface area (Å²) in [5, 5.41) is 23.3. The van der Waals surface area contributed by atoms with Crippen LogP contribution in [-0.4, -0.2) is 107 Å². The number of carbonyl (C=O) groups is 5. The topological polar surface area (TPSA) is 173 Å². The molecule has 56 heavy (non-hydrogen) atoms. The Hall–Kier alpha value is -5.64. The van der Waals surface area contributed by atoms with Crippen LogP contribution in [0.15, 0.2) is 47.6 Å². The second kappa shape index (κ2) is 22.7. The Morgan fingerprint density at radius 3 is 2.09 bits per heavy atom. The molecule has 2 aromatic carbocycles. The minimum absolute atomic E-state index is 0.0146. The maximum absolute atomic E-state index is 13.5. The lowest BCUT2D eigenvalue weighted by atomic mass is 9.75. The molecule has 1 aromatic heterocycles. The van der Waals surface area contributed by atoms with Crippen LogP contribution < -0.4 is 4.74 Å². The number of ketones is 3. The number of Topliss-reactive ketones (excluding diaryl/α,β-unsaturated/α-hetero) is 1. The summed E-state index contributed by atoms with van der Waals surface area (Å²) in [6, 6.07) is 10.2. The van der Waals surface area contributed by atoms with Crippen LogP contribution in [0, 0.1) is 31.6 Å². The first kappa shape index (κ1) is 46.5. The molecule has 2 aliphatic rings. The normalized spacial score (nSPS) is 13.8. The van der Waals surface area contributed by atoms with E-state index >= 15 is 0 Å². The Kier molecular flexibility index (Phi) is 18.8. The molecule has 2 aliphatic carbocycles. The molecule has 3 aromatic rings. The van der Waals surface area contributed by atoms with Gasteiger partial charge in [-0.05, 0) is 55.2 Å². The van der Waals surface area contributed by atoms with Crippen LogP contribution in [0.25, 0.3) is 0 Å². The number of phenols is 2. The lowest BCUT2D eigenvalue weighted by molar-refractivity contribution is -0.126. The van der Waals surface area contributed by atoms with Crippen LogP contribution in [0.4, 0.5) is 9.59 Å². The number of carbonyl (C=O) groups excluding carboxylic acids is 5. The summed E-state index contributed by atoms with van der Waals surface area (Å²) in [7, 11) is 7.42. The fourth-order valence-electron chi connectivity index (χ4n) is 5.78. The van der Waals surface area contributed by atoms with Gasteiger partial charge in [0.1, 0.15) is 28.9 Å². The maximum atomic E-state index is 13.5. The van der Waals surface area contributed by atoms with E-state index in [1.54, 1.807) is 19.3 Å². The van der Waals surface area contributed by atoms with Crippen LogP contribution in [0.5, 0.6) is 17.2 Å². The molecule has 1 heterocycles. The van der Waals surface area contributed by atoms with Crippen LogP contribution >= 0.6 is 21.6 Å². The average molecular weight is 806 g/mol. The number of phenolic OH excluding ortho intramolecular Hbond substituents is 2. The monoisotopic (exact) mass is 805 g/mol. The molecule has 2 atom stereocenters. The van der Waals surface area contributed by atoms with Gasteiger partial charge in [0.05, 0.1) is 23.8 Å². The largest absolute Gasteiger partial charge is 0.507 e. The van der Waals surface area contributed by atoms with Crippen molar-refractivity contribution in [1.29, 1.82) is 0 Å². The molecule has 13 nitrogen and oxygen atoms in total. The number of rotatable bonds is 12. The van der Waals surface area contributed by atoms with Crippen molar-refractivity contribution in [2.24, 2.45) is 5.92 Å². The van der Waals surface area contributed by atoms with E-state index < -0.39 is 53.6 Å². The first-order valence-corrected chi connectivity index (χ1v) is 19.7. The highest BCUT2D eigenvalue weighted by atomic mass is 33.1. The molecule has 298 valence electrons. The first-order valence-electron chi connectivity index (χ1n) is 17.5. The Balaban J connectivity index is 0.00000172. The van der Waals surface area contributed by atoms with Crippen LogP contribution in [-0.2, 0) is 27.1 Å². The van der Waals surface area contributed by atoms with Gasteiger partial charge in [-0.15, -0.1) is 25.7 Å². The number of fused-ring (bicyclic) bond motifs is 3. The lowest BCUT2D eigenvalue weighted by Crippen LogP contribution is -2.39. The fourth-order valence-corrected chi connectivity index (χ4v) is 7.66. The third kappa shape index (κ3) is 11.0. The number of aromatic nitrogens is 1. The molecule has 0 fully saturated rings. The Labute approximate surface area is 335 Å². The Bertz CT molecular complexity index is 1910. The predicted octanol–water partition coefficient (Wildman–Crippen LogP) is 6.44. The maximum Gasteiger partial charge on any atom is 0.409 e. The van der Waals surface area contributed by atoms with Gasteiger partial charge in [0, 0.05) is 61.2 Å². The number of ether oxygens (including phenoxy) is 3. The molecule has 0 spiro atoms. The van der Waals surface area contributed by atoms with E-state index in [2.05, 4.69) is 30.7 Å². The number of aromatic hydroxyl groups is 2. The standard InChI is InChI=1S/C35H37N3O10S2.C2H6.2C2H2/c1-19(49-50-26-10-5-6-13-36-26)17-47-34(44)37(2)14-15-38(3)35(45)48-18-24(39)20-11-12-21-23(16-20)32(42)28-29(30(21)40)33(43)27-22(31(28)41)8-7-9-25(27)46-4;3*1-2/h5-10,13,19-20,40,42H,11-12,14-18H2,1-4H3;1-2H3;2*1-2H/t19?,20-;;;/m0.../s1. The second-order valence-corrected chi connectivity index (χ2v) is 14.6. The number of terminal acetylenes is 2. The summed E-state index contributed by atoms with van der Waals surface area (Å²) in [5.74, 6) is -3.03. The molecule has 2 amide bonds. The van der Waals surface area contributed by atoms with Crippen molar-refractivity contribution in [2.75, 3.05) is 47.5 Å². The number of hydrogen-bond acceptors (Lipinski definition) is 13. The fraction of sp³-hybridized carbons (Fsp3) is 0.366. The first-order chi connectivity index (χ1) is 26.9. The highest BCUT2D eigenvalue weighted by molar-refractivity contribution is 8.76. The van der Waals surface area contributed by atoms with Crippen molar-refractivity contribution in [3.05, 3.63) is 76.0 Å². The van der Waals surface area contributed by atoms with E-state index in [0.717, 1.165) is 5.03 Å². The van der Waals surface area contributed by atoms with E-state index in [0.29, 0.717) is 5.56 Å². The van der Waals surface area contributed by atoms with Crippen LogP contribution in [0.1, 0.15) is 70.2 Å². The zero-order valence-electron chi connectivity index (χ0n) is 32.3. The Morgan fingerprint density at radius 2 is 1.48 bits per heavy atom. The number of likely N-dealkylation sites (N-methyl/N-ethyl adjacent to an activating group) is 2. The molecule has 0 bridgehead atoms. The van der Waals surface area contributed by atoms with Gasteiger partial charge in [0.15, 0.2) is 18.2 Å². The lowest BCUT2D eigenvalue weighted by Gasteiger charge is -2.29. The zero-order valence-corrected chi connectivity index (χ0v) is 33.9. The number of pyridine rings is 1. The molecule has 5 rings (SSSR count). The summed E-state index contributed by atoms with van der Waals surface area (Å²) in [6.45, 7) is 5.87. The molecule has 15 heteroatoms. The SMILES string of the molecule is C#C.C#C.CC.COc1cccc2c1C(=O)c1c(O)c3c(c(O)c1C2=O)C[C@@H](C(=O)COC(=O)N(C)CCN(C)C(=O)OCC(C)SSc1ccccn1)CC3. The summed E-state index contributed by atoms with van der Waals surface area (Å²) < 4.78 is 15.9. The van der Waals surface area contributed by atoms with Gasteiger partial charge in [-0.25, -0.2) is 14.6 Å². The number of benzene rings is 2. The van der Waals surface area contributed by atoms with Crippen LogP contribution in [0.2, 0.25) is 0 Å². The third-order valence-corrected chi connectivity index (χ3v) is 11.3. The van der Waals surface area contributed by atoms with E-state index in [4.69, 9.17) is 14.2 Å². The molecular formula is C41H47N3O10S2. The van der Waals surface area contributed by atoms with Gasteiger partial charge < -0.3 is 34.2 Å². The van der Waals surface area contributed by atoms with E-state index in [1.165, 1.54) is 57.7 Å². The van der Waals surface area contributed by atoms with Gasteiger partial charge in [0.25, 0.3) is 0 Å². The quantitative estimate of drug-likeness (QED) is 0.0911. The number of nitrogens with zero attached hydrogens (tertiary/aromatic N) is 3. The zero-order chi connectivity index (χ0) is 42.1. The van der Waals surface area contributed by atoms with E-state index in [1.807, 2.05) is 39.0 Å². The smallest absolute Gasteiger partial charge is 0.409 e. The highest BCUT2D eigenvalue weighted by Crippen LogP contribution is 2.47. The summed E-state index contributed by atoms with van der Waals surface area (Å²) in [5.41, 5.74) is -0.0410. The van der Waals surface area contributed by atoms with Crippen molar-refractivity contribution in [2.45, 2.75) is 50.3 Å². The molecule has 0 saturated carbocycles. The molecule has 0 saturated heterocycles. The summed E-state index contributed by atoms with van der Waals surface area (Å²) in [6.07, 6.45) is 16.8. The molecule has 2 N–H and O–H groups in total. The van der Waals surface area contributed by atoms with Crippen molar-refractivity contribution >= 4 is 51.1 Å². The van der Waals surface area contributed by atoms with Crippen molar-refractivity contribution in [1.82, 2.24) is 14.8 Å². The van der Waals surface area contributed by atoms with Crippen molar-refractivity contribution in [3.8, 4) is 42.9 Å². The Morgan fingerprint density at radius 1 is 0.875 bits per heavy atom. The van der Waals surface area contributed by atoms with Gasteiger partial charge in [0.2, 0.25) is 5.78 Å². The number of methoxy groups -OCH3 is 1. The molecule has 0 aliphatic heterocycles. The van der Waals surface area contributed by atoms with Gasteiger partial charge in [-0.3, -0.25) is 14.4 Å². The predicted molar refractivity (Wildman–Crippen MR) is 216 cm³/mol. The minimum Gasteiger partial charge on any atom is -0.507 e. The summed E-state index contributed by atoms with van der Waals surface area (Å²) in [4.78, 5) is 72.0. The number of hydrogen-bond donors (Lipinski definition) is 2. The van der Waals surface area contributed by atoms with Gasteiger partial charge in [-0.1, -0.05) is 42.8 Å². The second-order valence-electron chi connectivity index (χ2n) is 12.0. The average Bonchev–Trinajstić information content (AvgIpc) is 3.25. The van der Waals surface area contributed by atoms with E-state index in [9.17, 15) is 34.2 Å². The third-order valence-electron chi connectivity index (χ3n) is 8.59. The molecule has 0 radical (unpaired) electrons. The van der Waals surface area contributed by atoms with Crippen molar-refractivity contribution < 1.29 is 48.4 Å². The number of amides is 2. The highest BCUT2D eigenvalue weighted by Gasteiger charge is 2.41. The molecule has 1 unspecified atom stereocenters. The summed E-state index contributed by atoms with van der Waals surface area (Å²) >= 11 is 0. The molecular weight excluding hydrogens is 759 g/mol.